The molecule has 0 saturated heterocycles. The minimum absolute atomic E-state index is 0.169. The van der Waals surface area contributed by atoms with E-state index in [2.05, 4.69) is 15.3 Å². The fourth-order valence-electron chi connectivity index (χ4n) is 0.893. The van der Waals surface area contributed by atoms with E-state index in [4.69, 9.17) is 5.11 Å². The van der Waals surface area contributed by atoms with Gasteiger partial charge in [-0.15, -0.1) is 11.8 Å². The third-order valence-corrected chi connectivity index (χ3v) is 2.30. The molecule has 1 aromatic rings. The summed E-state index contributed by atoms with van der Waals surface area (Å²) in [7, 11) is 1.82. The second kappa shape index (κ2) is 5.04. The molecule has 2 N–H and O–H groups in total. The van der Waals surface area contributed by atoms with Crippen molar-refractivity contribution in [1.82, 2.24) is 9.97 Å². The highest BCUT2D eigenvalue weighted by atomic mass is 32.2. The lowest BCUT2D eigenvalue weighted by molar-refractivity contribution is 0.322. The van der Waals surface area contributed by atoms with E-state index < -0.39 is 0 Å². The average molecular weight is 199 g/mol. The maximum absolute atomic E-state index is 8.64. The minimum atomic E-state index is 0.169. The van der Waals surface area contributed by atoms with Gasteiger partial charge in [-0.2, -0.15) is 0 Å². The molecule has 0 aliphatic heterocycles. The third-order valence-electron chi connectivity index (χ3n) is 1.41. The Hall–Kier alpha value is -0.810. The molecule has 0 unspecified atom stereocenters. The van der Waals surface area contributed by atoms with Crippen molar-refractivity contribution in [2.24, 2.45) is 0 Å². The maximum atomic E-state index is 8.64. The van der Waals surface area contributed by atoms with Gasteiger partial charge in [-0.3, -0.25) is 0 Å². The van der Waals surface area contributed by atoms with Crippen LogP contribution in [-0.4, -0.2) is 34.5 Å². The van der Waals surface area contributed by atoms with Crippen LogP contribution < -0.4 is 5.32 Å². The maximum Gasteiger partial charge on any atom is 0.130 e. The predicted octanol–water partition coefficient (Wildman–Crippen LogP) is 0.911. The molecule has 13 heavy (non-hydrogen) atoms. The van der Waals surface area contributed by atoms with Gasteiger partial charge in [-0.1, -0.05) is 0 Å². The summed E-state index contributed by atoms with van der Waals surface area (Å²) in [5, 5.41) is 12.5. The van der Waals surface area contributed by atoms with Gasteiger partial charge in [-0.05, 0) is 6.92 Å². The highest BCUT2D eigenvalue weighted by Gasteiger charge is 2.00. The first-order valence-electron chi connectivity index (χ1n) is 4.03. The van der Waals surface area contributed by atoms with Crippen LogP contribution in [0.1, 0.15) is 5.82 Å². The first-order chi connectivity index (χ1) is 6.26. The molecule has 72 valence electrons. The van der Waals surface area contributed by atoms with Crippen molar-refractivity contribution in [3.8, 4) is 0 Å². The van der Waals surface area contributed by atoms with Crippen LogP contribution in [-0.2, 0) is 0 Å². The van der Waals surface area contributed by atoms with E-state index >= 15 is 0 Å². The van der Waals surface area contributed by atoms with Crippen molar-refractivity contribution < 1.29 is 5.11 Å². The van der Waals surface area contributed by atoms with Gasteiger partial charge in [0.25, 0.3) is 0 Å². The summed E-state index contributed by atoms with van der Waals surface area (Å²) in [6, 6.07) is 1.87. The summed E-state index contributed by atoms with van der Waals surface area (Å²) in [5.41, 5.74) is 0. The predicted molar refractivity (Wildman–Crippen MR) is 54.1 cm³/mol. The van der Waals surface area contributed by atoms with Crippen LogP contribution in [0.3, 0.4) is 0 Å². The van der Waals surface area contributed by atoms with E-state index in [0.29, 0.717) is 5.75 Å². The van der Waals surface area contributed by atoms with Crippen LogP contribution >= 0.6 is 11.8 Å². The Morgan fingerprint density at radius 1 is 1.54 bits per heavy atom. The number of thioether (sulfide) groups is 1. The third kappa shape index (κ3) is 3.20. The standard InChI is InChI=1S/C8H13N3OS/c1-6-10-7(9-2)5-8(11-6)13-4-3-12/h5,12H,3-4H2,1-2H3,(H,9,10,11). The number of hydrogen-bond acceptors (Lipinski definition) is 5. The highest BCUT2D eigenvalue weighted by molar-refractivity contribution is 7.99. The summed E-state index contributed by atoms with van der Waals surface area (Å²) in [6.07, 6.45) is 0. The second-order valence-electron chi connectivity index (χ2n) is 2.46. The van der Waals surface area contributed by atoms with Crippen LogP contribution in [0.4, 0.5) is 5.82 Å². The van der Waals surface area contributed by atoms with Gasteiger partial charge in [0.05, 0.1) is 6.61 Å². The largest absolute Gasteiger partial charge is 0.396 e. The molecule has 0 radical (unpaired) electrons. The molecule has 4 nitrogen and oxygen atoms in total. The van der Waals surface area contributed by atoms with Crippen molar-refractivity contribution in [3.63, 3.8) is 0 Å². The lowest BCUT2D eigenvalue weighted by atomic mass is 10.5. The summed E-state index contributed by atoms with van der Waals surface area (Å²) in [6.45, 7) is 2.02. The van der Waals surface area contributed by atoms with Crippen LogP contribution in [0.2, 0.25) is 0 Å². The van der Waals surface area contributed by atoms with Crippen molar-refractivity contribution >= 4 is 17.6 Å². The molecule has 0 spiro atoms. The lowest BCUT2D eigenvalue weighted by Gasteiger charge is -2.03. The molecule has 1 rings (SSSR count). The van der Waals surface area contributed by atoms with E-state index in [0.717, 1.165) is 16.7 Å². The van der Waals surface area contributed by atoms with E-state index in [-0.39, 0.29) is 6.61 Å². The molecular weight excluding hydrogens is 186 g/mol. The van der Waals surface area contributed by atoms with E-state index in [1.54, 1.807) is 0 Å². The number of nitrogens with zero attached hydrogens (tertiary/aromatic N) is 2. The van der Waals surface area contributed by atoms with E-state index in [1.807, 2.05) is 20.0 Å². The van der Waals surface area contributed by atoms with Gasteiger partial charge in [0.15, 0.2) is 0 Å². The number of rotatable bonds is 4. The zero-order valence-corrected chi connectivity index (χ0v) is 8.56. The number of anilines is 1. The Balaban J connectivity index is 2.76. The molecule has 5 heteroatoms. The number of aliphatic hydroxyl groups excluding tert-OH is 1. The molecular formula is C8H13N3OS. The number of nitrogens with one attached hydrogen (secondary N) is 1. The first-order valence-corrected chi connectivity index (χ1v) is 5.02. The monoisotopic (exact) mass is 199 g/mol. The molecule has 0 saturated carbocycles. The highest BCUT2D eigenvalue weighted by Crippen LogP contribution is 2.17. The van der Waals surface area contributed by atoms with Gasteiger partial charge in [0, 0.05) is 18.9 Å². The summed E-state index contributed by atoms with van der Waals surface area (Å²) in [5.74, 6) is 2.22. The zero-order valence-electron chi connectivity index (χ0n) is 7.74. The molecule has 0 fully saturated rings. The van der Waals surface area contributed by atoms with Gasteiger partial charge in [-0.25, -0.2) is 9.97 Å². The molecule has 0 aliphatic rings. The second-order valence-corrected chi connectivity index (χ2v) is 3.58. The summed E-state index contributed by atoms with van der Waals surface area (Å²) >= 11 is 1.52. The van der Waals surface area contributed by atoms with Gasteiger partial charge >= 0.3 is 0 Å². The Bertz CT molecular complexity index is 280. The zero-order chi connectivity index (χ0) is 9.68. The smallest absolute Gasteiger partial charge is 0.130 e. The van der Waals surface area contributed by atoms with Crippen molar-refractivity contribution in [2.45, 2.75) is 11.9 Å². The summed E-state index contributed by atoms with van der Waals surface area (Å²) in [4.78, 5) is 8.38. The number of hydrogen-bond donors (Lipinski definition) is 2. The van der Waals surface area contributed by atoms with Crippen molar-refractivity contribution in [1.29, 1.82) is 0 Å². The average Bonchev–Trinajstić information content (AvgIpc) is 2.14. The van der Waals surface area contributed by atoms with Gasteiger partial charge < -0.3 is 10.4 Å². The molecule has 0 bridgehead atoms. The molecule has 1 aromatic heterocycles. The topological polar surface area (TPSA) is 58.0 Å². The van der Waals surface area contributed by atoms with Crippen LogP contribution in [0, 0.1) is 6.92 Å². The molecule has 0 amide bonds. The Morgan fingerprint density at radius 2 is 2.31 bits per heavy atom. The van der Waals surface area contributed by atoms with Crippen LogP contribution in [0.5, 0.6) is 0 Å². The lowest BCUT2D eigenvalue weighted by Crippen LogP contribution is -1.98. The minimum Gasteiger partial charge on any atom is -0.396 e. The number of aromatic nitrogens is 2. The first kappa shape index (κ1) is 10.3. The quantitative estimate of drug-likeness (QED) is 0.557. The van der Waals surface area contributed by atoms with Crippen molar-refractivity contribution in [2.75, 3.05) is 24.7 Å². The fourth-order valence-corrected chi connectivity index (χ4v) is 1.58. The van der Waals surface area contributed by atoms with E-state index in [1.165, 1.54) is 11.8 Å². The Labute approximate surface area is 81.8 Å². The van der Waals surface area contributed by atoms with Crippen LogP contribution in [0.25, 0.3) is 0 Å². The number of aliphatic hydroxyl groups is 1. The summed E-state index contributed by atoms with van der Waals surface area (Å²) < 4.78 is 0. The molecule has 0 aromatic carbocycles. The van der Waals surface area contributed by atoms with Crippen molar-refractivity contribution in [3.05, 3.63) is 11.9 Å². The normalized spacial score (nSPS) is 10.1. The van der Waals surface area contributed by atoms with Gasteiger partial charge in [0.1, 0.15) is 16.7 Å². The fraction of sp³-hybridized carbons (Fsp3) is 0.500. The van der Waals surface area contributed by atoms with E-state index in [9.17, 15) is 0 Å². The Kier molecular flexibility index (Phi) is 3.98. The van der Waals surface area contributed by atoms with Gasteiger partial charge in [0.2, 0.25) is 0 Å². The SMILES string of the molecule is CNc1cc(SCCO)nc(C)n1. The number of aryl methyl sites for hydroxylation is 1. The molecule has 0 aliphatic carbocycles. The Morgan fingerprint density at radius 3 is 2.92 bits per heavy atom. The van der Waals surface area contributed by atoms with Crippen LogP contribution in [0.15, 0.2) is 11.1 Å². The molecule has 1 heterocycles. The molecule has 0 atom stereocenters.